The van der Waals surface area contributed by atoms with Gasteiger partial charge >= 0.3 is 6.03 Å². The minimum atomic E-state index is -0.517. The summed E-state index contributed by atoms with van der Waals surface area (Å²) in [6.07, 6.45) is 2.14. The zero-order chi connectivity index (χ0) is 14.8. The van der Waals surface area contributed by atoms with Crippen LogP contribution >= 0.6 is 0 Å². The summed E-state index contributed by atoms with van der Waals surface area (Å²) in [4.78, 5) is 12.2. The molecule has 1 fully saturated rings. The van der Waals surface area contributed by atoms with Gasteiger partial charge in [0.25, 0.3) is 0 Å². The van der Waals surface area contributed by atoms with E-state index < -0.39 is 5.54 Å². The Hall–Kier alpha value is -1.55. The zero-order valence-electron chi connectivity index (χ0n) is 12.4. The highest BCUT2D eigenvalue weighted by atomic mass is 16.3. The van der Waals surface area contributed by atoms with Gasteiger partial charge in [-0.3, -0.25) is 0 Å². The van der Waals surface area contributed by atoms with E-state index in [-0.39, 0.29) is 12.6 Å². The number of rotatable bonds is 5. The number of amides is 2. The maximum Gasteiger partial charge on any atom is 0.319 e. The molecule has 0 aliphatic heterocycles. The van der Waals surface area contributed by atoms with Gasteiger partial charge in [-0.2, -0.15) is 0 Å². The Balaban J connectivity index is 2.05. The molecule has 1 aliphatic carbocycles. The average molecular weight is 276 g/mol. The van der Waals surface area contributed by atoms with Crippen molar-refractivity contribution < 1.29 is 9.90 Å². The van der Waals surface area contributed by atoms with Crippen LogP contribution < -0.4 is 10.6 Å². The van der Waals surface area contributed by atoms with Crippen molar-refractivity contribution in [3.63, 3.8) is 0 Å². The van der Waals surface area contributed by atoms with Crippen LogP contribution in [0, 0.1) is 5.92 Å². The molecule has 1 aromatic carbocycles. The van der Waals surface area contributed by atoms with Gasteiger partial charge in [-0.15, -0.1) is 0 Å². The monoisotopic (exact) mass is 276 g/mol. The van der Waals surface area contributed by atoms with Gasteiger partial charge in [-0.05, 0) is 43.2 Å². The topological polar surface area (TPSA) is 61.4 Å². The van der Waals surface area contributed by atoms with Crippen LogP contribution in [0.3, 0.4) is 0 Å². The summed E-state index contributed by atoms with van der Waals surface area (Å²) >= 11 is 0. The standard InChI is InChI=1S/C16H24N2O2/c1-11(2)13-6-4-5-7-14(13)17-15(20)18-16(3,10-19)12-8-9-12/h4-7,11-12,19H,8-10H2,1-3H3,(H2,17,18,20). The second kappa shape index (κ2) is 5.83. The molecule has 0 heterocycles. The van der Waals surface area contributed by atoms with Crippen LogP contribution in [-0.2, 0) is 0 Å². The molecule has 1 unspecified atom stereocenters. The van der Waals surface area contributed by atoms with Crippen LogP contribution in [-0.4, -0.2) is 23.3 Å². The van der Waals surface area contributed by atoms with Crippen molar-refractivity contribution in [1.29, 1.82) is 0 Å². The molecule has 4 heteroatoms. The minimum absolute atomic E-state index is 0.0308. The van der Waals surface area contributed by atoms with E-state index in [1.54, 1.807) is 0 Å². The van der Waals surface area contributed by atoms with Gasteiger partial charge in [-0.1, -0.05) is 32.0 Å². The van der Waals surface area contributed by atoms with Crippen molar-refractivity contribution in [3.05, 3.63) is 29.8 Å². The fraction of sp³-hybridized carbons (Fsp3) is 0.562. The van der Waals surface area contributed by atoms with Crippen molar-refractivity contribution in [1.82, 2.24) is 5.32 Å². The normalized spacial score (nSPS) is 17.6. The van der Waals surface area contributed by atoms with E-state index in [2.05, 4.69) is 24.5 Å². The van der Waals surface area contributed by atoms with Crippen molar-refractivity contribution in [2.75, 3.05) is 11.9 Å². The lowest BCUT2D eigenvalue weighted by Crippen LogP contribution is -2.52. The number of carbonyl (C=O) groups is 1. The molecule has 2 rings (SSSR count). The number of hydrogen-bond donors (Lipinski definition) is 3. The van der Waals surface area contributed by atoms with Crippen molar-refractivity contribution in [3.8, 4) is 0 Å². The summed E-state index contributed by atoms with van der Waals surface area (Å²) < 4.78 is 0. The van der Waals surface area contributed by atoms with Gasteiger partial charge in [0.1, 0.15) is 0 Å². The molecule has 0 aromatic heterocycles. The molecule has 110 valence electrons. The van der Waals surface area contributed by atoms with E-state index in [1.807, 2.05) is 31.2 Å². The Bertz CT molecular complexity index is 483. The summed E-state index contributed by atoms with van der Waals surface area (Å²) in [5, 5.41) is 15.3. The largest absolute Gasteiger partial charge is 0.394 e. The summed E-state index contributed by atoms with van der Waals surface area (Å²) in [6.45, 7) is 6.07. The second-order valence-corrected chi connectivity index (χ2v) is 6.17. The van der Waals surface area contributed by atoms with E-state index in [0.717, 1.165) is 24.1 Å². The third-order valence-electron chi connectivity index (χ3n) is 4.04. The van der Waals surface area contributed by atoms with Crippen LogP contribution in [0.5, 0.6) is 0 Å². The van der Waals surface area contributed by atoms with Crippen LogP contribution in [0.1, 0.15) is 45.1 Å². The fourth-order valence-electron chi connectivity index (χ4n) is 2.52. The molecule has 3 N–H and O–H groups in total. The number of para-hydroxylation sites is 1. The van der Waals surface area contributed by atoms with E-state index in [0.29, 0.717) is 11.8 Å². The van der Waals surface area contributed by atoms with Crippen LogP contribution in [0.2, 0.25) is 0 Å². The van der Waals surface area contributed by atoms with Gasteiger partial charge in [0.05, 0.1) is 12.1 Å². The highest BCUT2D eigenvalue weighted by molar-refractivity contribution is 5.90. The number of anilines is 1. The number of benzene rings is 1. The predicted octanol–water partition coefficient (Wildman–Crippen LogP) is 3.09. The maximum atomic E-state index is 12.2. The van der Waals surface area contributed by atoms with Crippen molar-refractivity contribution >= 4 is 11.7 Å². The minimum Gasteiger partial charge on any atom is -0.394 e. The molecule has 0 bridgehead atoms. The Kier molecular flexibility index (Phi) is 4.33. The van der Waals surface area contributed by atoms with E-state index >= 15 is 0 Å². The highest BCUT2D eigenvalue weighted by Gasteiger charge is 2.42. The molecular formula is C16H24N2O2. The number of aliphatic hydroxyl groups is 1. The molecule has 0 saturated heterocycles. The molecular weight excluding hydrogens is 252 g/mol. The van der Waals surface area contributed by atoms with E-state index in [4.69, 9.17) is 0 Å². The second-order valence-electron chi connectivity index (χ2n) is 6.17. The molecule has 0 radical (unpaired) electrons. The number of aliphatic hydroxyl groups excluding tert-OH is 1. The molecule has 2 amide bonds. The lowest BCUT2D eigenvalue weighted by Gasteiger charge is -2.29. The Morgan fingerprint density at radius 2 is 2.05 bits per heavy atom. The average Bonchev–Trinajstić information content (AvgIpc) is 3.23. The lowest BCUT2D eigenvalue weighted by molar-refractivity contribution is 0.159. The van der Waals surface area contributed by atoms with Crippen LogP contribution in [0.15, 0.2) is 24.3 Å². The first-order valence-electron chi connectivity index (χ1n) is 7.25. The van der Waals surface area contributed by atoms with Gasteiger partial charge in [0.2, 0.25) is 0 Å². The Morgan fingerprint density at radius 1 is 1.40 bits per heavy atom. The first-order valence-corrected chi connectivity index (χ1v) is 7.25. The number of nitrogens with one attached hydrogen (secondary N) is 2. The fourth-order valence-corrected chi connectivity index (χ4v) is 2.52. The summed E-state index contributed by atoms with van der Waals surface area (Å²) in [6, 6.07) is 7.56. The maximum absolute atomic E-state index is 12.2. The number of urea groups is 1. The van der Waals surface area contributed by atoms with Crippen molar-refractivity contribution in [2.24, 2.45) is 5.92 Å². The van der Waals surface area contributed by atoms with E-state index in [9.17, 15) is 9.90 Å². The molecule has 1 saturated carbocycles. The molecule has 0 spiro atoms. The van der Waals surface area contributed by atoms with E-state index in [1.165, 1.54) is 0 Å². The zero-order valence-corrected chi connectivity index (χ0v) is 12.4. The van der Waals surface area contributed by atoms with Crippen LogP contribution in [0.4, 0.5) is 10.5 Å². The SMILES string of the molecule is CC(C)c1ccccc1NC(=O)NC(C)(CO)C1CC1. The smallest absolute Gasteiger partial charge is 0.319 e. The molecule has 4 nitrogen and oxygen atoms in total. The first-order chi connectivity index (χ1) is 9.46. The summed E-state index contributed by atoms with van der Waals surface area (Å²) in [7, 11) is 0. The Labute approximate surface area is 120 Å². The van der Waals surface area contributed by atoms with Gasteiger partial charge in [0.15, 0.2) is 0 Å². The van der Waals surface area contributed by atoms with Gasteiger partial charge in [-0.25, -0.2) is 4.79 Å². The summed E-state index contributed by atoms with van der Waals surface area (Å²) in [5.41, 5.74) is 1.42. The third-order valence-corrected chi connectivity index (χ3v) is 4.04. The molecule has 1 aromatic rings. The highest BCUT2D eigenvalue weighted by Crippen LogP contribution is 2.39. The quantitative estimate of drug-likeness (QED) is 0.774. The molecule has 1 atom stereocenters. The van der Waals surface area contributed by atoms with Gasteiger partial charge in [0, 0.05) is 5.69 Å². The van der Waals surface area contributed by atoms with Crippen molar-refractivity contribution in [2.45, 2.75) is 45.1 Å². The number of carbonyl (C=O) groups excluding carboxylic acids is 1. The molecule has 20 heavy (non-hydrogen) atoms. The van der Waals surface area contributed by atoms with Crippen LogP contribution in [0.25, 0.3) is 0 Å². The molecule has 1 aliphatic rings. The van der Waals surface area contributed by atoms with Gasteiger partial charge < -0.3 is 15.7 Å². The predicted molar refractivity (Wildman–Crippen MR) is 80.9 cm³/mol. The Morgan fingerprint density at radius 3 is 2.60 bits per heavy atom. The third kappa shape index (κ3) is 3.31. The summed E-state index contributed by atoms with van der Waals surface area (Å²) in [5.74, 6) is 0.734. The first kappa shape index (κ1) is 14.9. The lowest BCUT2D eigenvalue weighted by atomic mass is 9.97. The number of hydrogen-bond acceptors (Lipinski definition) is 2.